The van der Waals surface area contributed by atoms with Crippen LogP contribution in [0.25, 0.3) is 0 Å². The van der Waals surface area contributed by atoms with Crippen LogP contribution in [-0.4, -0.2) is 18.7 Å². The first-order valence-corrected chi connectivity index (χ1v) is 6.91. The minimum absolute atomic E-state index is 0.267. The summed E-state index contributed by atoms with van der Waals surface area (Å²) in [4.78, 5) is 11.7. The lowest BCUT2D eigenvalue weighted by Gasteiger charge is -2.09. The van der Waals surface area contributed by atoms with Crippen LogP contribution in [0.2, 0.25) is 0 Å². The third kappa shape index (κ3) is 2.98. The van der Waals surface area contributed by atoms with Crippen LogP contribution in [0.15, 0.2) is 24.3 Å². The van der Waals surface area contributed by atoms with Crippen molar-refractivity contribution in [3.05, 3.63) is 35.4 Å². The van der Waals surface area contributed by atoms with Crippen LogP contribution in [0.4, 0.5) is 0 Å². The maximum atomic E-state index is 11.7. The highest BCUT2D eigenvalue weighted by Gasteiger charge is 2.59. The standard InChI is InChI=1S/C16H22O3/c1-5-18-15(17)14-16(4,19-14)13-8-6-12(7-9-13)10-11(2)3/h6-9,11,14H,5,10H2,1-4H3/t14-,16-/m0/s1. The number of carbonyl (C=O) groups excluding carboxylic acids is 1. The molecule has 0 aliphatic carbocycles. The lowest BCUT2D eigenvalue weighted by molar-refractivity contribution is -0.144. The molecule has 0 amide bonds. The highest BCUT2D eigenvalue weighted by atomic mass is 16.7. The number of epoxide rings is 1. The number of esters is 1. The Morgan fingerprint density at radius 3 is 2.53 bits per heavy atom. The van der Waals surface area contributed by atoms with Crippen molar-refractivity contribution >= 4 is 5.97 Å². The third-order valence-electron chi connectivity index (χ3n) is 3.48. The summed E-state index contributed by atoms with van der Waals surface area (Å²) in [5.41, 5.74) is 1.84. The second kappa shape index (κ2) is 5.33. The van der Waals surface area contributed by atoms with Gasteiger partial charge in [-0.1, -0.05) is 38.1 Å². The maximum absolute atomic E-state index is 11.7. The van der Waals surface area contributed by atoms with Crippen LogP contribution in [-0.2, 0) is 26.3 Å². The molecule has 1 heterocycles. The molecule has 1 aromatic rings. The molecule has 1 fully saturated rings. The summed E-state index contributed by atoms with van der Waals surface area (Å²) in [6, 6.07) is 8.34. The van der Waals surface area contributed by atoms with Gasteiger partial charge in [0, 0.05) is 0 Å². The van der Waals surface area contributed by atoms with E-state index in [2.05, 4.69) is 38.1 Å². The molecule has 104 valence electrons. The number of hydrogen-bond acceptors (Lipinski definition) is 3. The van der Waals surface area contributed by atoms with Gasteiger partial charge in [-0.25, -0.2) is 4.79 Å². The average molecular weight is 262 g/mol. The van der Waals surface area contributed by atoms with E-state index in [-0.39, 0.29) is 5.97 Å². The number of benzene rings is 1. The van der Waals surface area contributed by atoms with E-state index in [1.54, 1.807) is 6.92 Å². The number of ether oxygens (including phenoxy) is 2. The normalized spacial score (nSPS) is 25.4. The van der Waals surface area contributed by atoms with Gasteiger partial charge in [-0.05, 0) is 37.3 Å². The van der Waals surface area contributed by atoms with Crippen molar-refractivity contribution in [3.63, 3.8) is 0 Å². The van der Waals surface area contributed by atoms with Crippen molar-refractivity contribution in [1.29, 1.82) is 0 Å². The van der Waals surface area contributed by atoms with Crippen LogP contribution in [0.3, 0.4) is 0 Å². The molecule has 3 nitrogen and oxygen atoms in total. The Hall–Kier alpha value is -1.35. The van der Waals surface area contributed by atoms with Gasteiger partial charge >= 0.3 is 5.97 Å². The van der Waals surface area contributed by atoms with Crippen molar-refractivity contribution in [2.75, 3.05) is 6.61 Å². The molecular formula is C16H22O3. The van der Waals surface area contributed by atoms with Crippen molar-refractivity contribution < 1.29 is 14.3 Å². The largest absolute Gasteiger partial charge is 0.464 e. The summed E-state index contributed by atoms with van der Waals surface area (Å²) in [5, 5.41) is 0. The van der Waals surface area contributed by atoms with Crippen LogP contribution < -0.4 is 0 Å². The highest BCUT2D eigenvalue weighted by Crippen LogP contribution is 2.46. The molecule has 0 spiro atoms. The Labute approximate surface area is 114 Å². The first-order chi connectivity index (χ1) is 8.97. The molecule has 3 heteroatoms. The molecule has 0 saturated carbocycles. The molecule has 1 saturated heterocycles. The van der Waals surface area contributed by atoms with Gasteiger partial charge in [0.15, 0.2) is 6.10 Å². The second-order valence-corrected chi connectivity index (χ2v) is 5.65. The van der Waals surface area contributed by atoms with Gasteiger partial charge < -0.3 is 9.47 Å². The smallest absolute Gasteiger partial charge is 0.338 e. The molecule has 19 heavy (non-hydrogen) atoms. The van der Waals surface area contributed by atoms with E-state index in [9.17, 15) is 4.79 Å². The third-order valence-corrected chi connectivity index (χ3v) is 3.48. The Morgan fingerprint density at radius 2 is 2.00 bits per heavy atom. The van der Waals surface area contributed by atoms with Crippen molar-refractivity contribution in [3.8, 4) is 0 Å². The predicted molar refractivity (Wildman–Crippen MR) is 73.8 cm³/mol. The summed E-state index contributed by atoms with van der Waals surface area (Å²) >= 11 is 0. The summed E-state index contributed by atoms with van der Waals surface area (Å²) < 4.78 is 10.5. The van der Waals surface area contributed by atoms with Gasteiger partial charge in [-0.2, -0.15) is 0 Å². The minimum Gasteiger partial charge on any atom is -0.464 e. The van der Waals surface area contributed by atoms with Gasteiger partial charge in [-0.3, -0.25) is 0 Å². The quantitative estimate of drug-likeness (QED) is 0.604. The fraction of sp³-hybridized carbons (Fsp3) is 0.562. The van der Waals surface area contributed by atoms with E-state index >= 15 is 0 Å². The maximum Gasteiger partial charge on any atom is 0.338 e. The van der Waals surface area contributed by atoms with Gasteiger partial charge in [0.2, 0.25) is 0 Å². The van der Waals surface area contributed by atoms with Crippen molar-refractivity contribution in [2.24, 2.45) is 5.92 Å². The van der Waals surface area contributed by atoms with Crippen LogP contribution in [0.1, 0.15) is 38.8 Å². The van der Waals surface area contributed by atoms with E-state index in [1.165, 1.54) is 5.56 Å². The predicted octanol–water partition coefficient (Wildman–Crippen LogP) is 3.06. The zero-order chi connectivity index (χ0) is 14.0. The Balaban J connectivity index is 2.05. The van der Waals surface area contributed by atoms with Gasteiger partial charge in [-0.15, -0.1) is 0 Å². The van der Waals surface area contributed by atoms with E-state index in [1.807, 2.05) is 6.92 Å². The van der Waals surface area contributed by atoms with Crippen LogP contribution in [0, 0.1) is 5.92 Å². The average Bonchev–Trinajstić information content (AvgIpc) is 3.03. The zero-order valence-electron chi connectivity index (χ0n) is 12.1. The summed E-state index contributed by atoms with van der Waals surface area (Å²) in [6.45, 7) is 8.54. The van der Waals surface area contributed by atoms with Crippen molar-refractivity contribution in [2.45, 2.75) is 45.8 Å². The fourth-order valence-electron chi connectivity index (χ4n) is 2.36. The molecule has 1 aliphatic heterocycles. The molecular weight excluding hydrogens is 240 g/mol. The summed E-state index contributed by atoms with van der Waals surface area (Å²) in [5.74, 6) is 0.377. The lowest BCUT2D eigenvalue weighted by Crippen LogP contribution is -2.18. The van der Waals surface area contributed by atoms with E-state index in [0.29, 0.717) is 12.5 Å². The monoisotopic (exact) mass is 262 g/mol. The molecule has 1 aromatic carbocycles. The van der Waals surface area contributed by atoms with Gasteiger partial charge in [0.05, 0.1) is 6.61 Å². The topological polar surface area (TPSA) is 38.8 Å². The van der Waals surface area contributed by atoms with Gasteiger partial charge in [0.25, 0.3) is 0 Å². The molecule has 0 unspecified atom stereocenters. The molecule has 0 bridgehead atoms. The van der Waals surface area contributed by atoms with E-state index < -0.39 is 11.7 Å². The Morgan fingerprint density at radius 1 is 1.37 bits per heavy atom. The SMILES string of the molecule is CCOC(=O)[C@@H]1O[C@@]1(C)c1ccc(CC(C)C)cc1. The first-order valence-electron chi connectivity index (χ1n) is 6.91. The number of carbonyl (C=O) groups is 1. The summed E-state index contributed by atoms with van der Waals surface area (Å²) in [6.07, 6.45) is 0.613. The van der Waals surface area contributed by atoms with E-state index in [4.69, 9.17) is 9.47 Å². The lowest BCUT2D eigenvalue weighted by atomic mass is 9.94. The molecule has 0 N–H and O–H groups in total. The molecule has 2 atom stereocenters. The fourth-order valence-corrected chi connectivity index (χ4v) is 2.36. The number of hydrogen-bond donors (Lipinski definition) is 0. The second-order valence-electron chi connectivity index (χ2n) is 5.65. The van der Waals surface area contributed by atoms with Crippen molar-refractivity contribution in [1.82, 2.24) is 0 Å². The Kier molecular flexibility index (Phi) is 3.95. The highest BCUT2D eigenvalue weighted by molar-refractivity contribution is 5.79. The molecule has 0 radical (unpaired) electrons. The van der Waals surface area contributed by atoms with Gasteiger partial charge in [0.1, 0.15) is 5.60 Å². The first kappa shape index (κ1) is 14.1. The van der Waals surface area contributed by atoms with E-state index in [0.717, 1.165) is 12.0 Å². The Bertz CT molecular complexity index is 450. The van der Waals surface area contributed by atoms with Crippen LogP contribution in [0.5, 0.6) is 0 Å². The number of rotatable bonds is 5. The summed E-state index contributed by atoms with van der Waals surface area (Å²) in [7, 11) is 0. The molecule has 1 aliphatic rings. The molecule has 2 rings (SSSR count). The minimum atomic E-state index is -0.511. The zero-order valence-corrected chi connectivity index (χ0v) is 12.1. The van der Waals surface area contributed by atoms with Crippen LogP contribution >= 0.6 is 0 Å². The molecule has 0 aromatic heterocycles.